The van der Waals surface area contributed by atoms with Crippen molar-refractivity contribution in [1.29, 1.82) is 0 Å². The van der Waals surface area contributed by atoms with Gasteiger partial charge in [0.25, 0.3) is 0 Å². The van der Waals surface area contributed by atoms with Crippen LogP contribution in [-0.4, -0.2) is 0 Å². The molecule has 0 unspecified atom stereocenters. The summed E-state index contributed by atoms with van der Waals surface area (Å²) in [6.07, 6.45) is 7.02. The van der Waals surface area contributed by atoms with E-state index in [1.807, 2.05) is 0 Å². The summed E-state index contributed by atoms with van der Waals surface area (Å²) in [7, 11) is 0. The van der Waals surface area contributed by atoms with Gasteiger partial charge in [-0.25, -0.2) is 0 Å². The minimum atomic E-state index is -0.174. The topological polar surface area (TPSA) is 0 Å². The van der Waals surface area contributed by atoms with E-state index in [2.05, 4.69) is 87.1 Å². The Bertz CT molecular complexity index is 1290. The molecular formula is C38H52. The fourth-order valence-electron chi connectivity index (χ4n) is 9.34. The molecule has 1 aromatic carbocycles. The maximum Gasteiger partial charge on any atom is 0.0197 e. The van der Waals surface area contributed by atoms with Crippen molar-refractivity contribution < 1.29 is 0 Å². The first-order valence-corrected chi connectivity index (χ1v) is 14.9. The maximum absolute atomic E-state index is 4.85. The quantitative estimate of drug-likeness (QED) is 0.254. The van der Waals surface area contributed by atoms with Crippen LogP contribution < -0.4 is 0 Å². The van der Waals surface area contributed by atoms with Gasteiger partial charge in [0.2, 0.25) is 0 Å². The van der Waals surface area contributed by atoms with Gasteiger partial charge >= 0.3 is 0 Å². The number of allylic oxidation sites excluding steroid dienone is 8. The monoisotopic (exact) mass is 508 g/mol. The van der Waals surface area contributed by atoms with Crippen LogP contribution in [0.1, 0.15) is 117 Å². The van der Waals surface area contributed by atoms with E-state index < -0.39 is 0 Å². The highest BCUT2D eigenvalue weighted by Crippen LogP contribution is 2.75. The average Bonchev–Trinajstić information content (AvgIpc) is 2.83. The summed E-state index contributed by atoms with van der Waals surface area (Å²) in [4.78, 5) is 0. The van der Waals surface area contributed by atoms with Crippen LogP contribution >= 0.6 is 0 Å². The van der Waals surface area contributed by atoms with E-state index in [9.17, 15) is 0 Å². The standard InChI is InChI=1S/C38H52/c1-14-15-16-18-24(4)21-32-36(11)22-26(6)33(23(2)3)29(9)38(36,13)30(10)35-27(7)34-25(5)19-17-20-31(34)28(8)37(32,35)12/h17,19-20,28,32H,2,4,7,9,14-16,18,21-22H2,1,3,5-6,8,10-13H3/t28-,32+,36+,37-,38-/m1/s1. The minimum Gasteiger partial charge on any atom is -0.0999 e. The Morgan fingerprint density at radius 1 is 1.03 bits per heavy atom. The summed E-state index contributed by atoms with van der Waals surface area (Å²) < 4.78 is 0. The molecule has 0 amide bonds. The molecule has 4 rings (SSSR count). The number of unbranched alkanes of at least 4 members (excludes halogenated alkanes) is 2. The SMILES string of the molecule is C=C(CCCCC)C[C@@H]1[C@]2(C)C(=C(C)[C@@]3(C)C(=C)C(C(=C)C)=C(C)C[C@@]13C)C(=C)c1c(C)cccc1[C@H]2C. The molecule has 0 heteroatoms. The van der Waals surface area contributed by atoms with Gasteiger partial charge in [0.05, 0.1) is 0 Å². The Morgan fingerprint density at radius 2 is 1.68 bits per heavy atom. The van der Waals surface area contributed by atoms with Crippen LogP contribution in [0.2, 0.25) is 0 Å². The largest absolute Gasteiger partial charge is 0.0999 e. The molecule has 3 aliphatic rings. The van der Waals surface area contributed by atoms with Gasteiger partial charge in [-0.2, -0.15) is 0 Å². The Balaban J connectivity index is 2.05. The second-order valence-corrected chi connectivity index (χ2v) is 13.6. The lowest BCUT2D eigenvalue weighted by atomic mass is 9.36. The van der Waals surface area contributed by atoms with Gasteiger partial charge in [-0.1, -0.05) is 114 Å². The summed E-state index contributed by atoms with van der Waals surface area (Å²) in [6, 6.07) is 6.86. The van der Waals surface area contributed by atoms with Crippen LogP contribution in [0.3, 0.4) is 0 Å². The number of rotatable bonds is 7. The zero-order valence-corrected chi connectivity index (χ0v) is 26.0. The molecule has 38 heavy (non-hydrogen) atoms. The van der Waals surface area contributed by atoms with Crippen LogP contribution in [0.15, 0.2) is 83.5 Å². The molecule has 0 bridgehead atoms. The molecule has 0 fully saturated rings. The highest BCUT2D eigenvalue weighted by molar-refractivity contribution is 5.87. The fraction of sp³-hybridized carbons (Fsp3) is 0.526. The molecule has 0 aliphatic heterocycles. The van der Waals surface area contributed by atoms with Crippen molar-refractivity contribution >= 4 is 5.57 Å². The third kappa shape index (κ3) is 3.69. The van der Waals surface area contributed by atoms with Gasteiger partial charge < -0.3 is 0 Å². The van der Waals surface area contributed by atoms with Crippen molar-refractivity contribution in [1.82, 2.24) is 0 Å². The molecule has 0 spiro atoms. The lowest BCUT2D eigenvalue weighted by Gasteiger charge is -2.67. The van der Waals surface area contributed by atoms with E-state index in [-0.39, 0.29) is 16.2 Å². The lowest BCUT2D eigenvalue weighted by molar-refractivity contribution is -0.0371. The van der Waals surface area contributed by atoms with Gasteiger partial charge in [-0.15, -0.1) is 0 Å². The predicted octanol–water partition coefficient (Wildman–Crippen LogP) is 11.5. The second kappa shape index (κ2) is 9.69. The van der Waals surface area contributed by atoms with E-state index in [0.29, 0.717) is 11.8 Å². The van der Waals surface area contributed by atoms with Crippen molar-refractivity contribution in [2.45, 2.75) is 107 Å². The Kier molecular flexibility index (Phi) is 7.31. The molecule has 0 saturated carbocycles. The summed E-state index contributed by atoms with van der Waals surface area (Å²) in [5.74, 6) is 0.814. The molecule has 0 aromatic heterocycles. The third-order valence-electron chi connectivity index (χ3n) is 11.6. The second-order valence-electron chi connectivity index (χ2n) is 13.6. The molecule has 0 N–H and O–H groups in total. The van der Waals surface area contributed by atoms with E-state index in [4.69, 9.17) is 19.7 Å². The Hall–Kier alpha value is -2.34. The first kappa shape index (κ1) is 28.7. The third-order valence-corrected chi connectivity index (χ3v) is 11.6. The fourth-order valence-corrected chi connectivity index (χ4v) is 9.34. The van der Waals surface area contributed by atoms with Gasteiger partial charge in [-0.05, 0) is 110 Å². The number of aryl methyl sites for hydroxylation is 1. The summed E-state index contributed by atoms with van der Waals surface area (Å²) in [5, 5.41) is 0. The number of hydrogen-bond donors (Lipinski definition) is 0. The van der Waals surface area contributed by atoms with Gasteiger partial charge in [0, 0.05) is 10.8 Å². The Labute approximate surface area is 234 Å². The maximum atomic E-state index is 4.85. The van der Waals surface area contributed by atoms with Gasteiger partial charge in [0.15, 0.2) is 0 Å². The number of hydrogen-bond acceptors (Lipinski definition) is 0. The average molecular weight is 509 g/mol. The van der Waals surface area contributed by atoms with E-state index in [1.54, 1.807) is 0 Å². The normalized spacial score (nSPS) is 32.7. The zero-order chi connectivity index (χ0) is 28.4. The van der Waals surface area contributed by atoms with Crippen molar-refractivity contribution in [3.63, 3.8) is 0 Å². The molecule has 204 valence electrons. The summed E-state index contributed by atoms with van der Waals surface area (Å²) >= 11 is 0. The zero-order valence-electron chi connectivity index (χ0n) is 26.0. The van der Waals surface area contributed by atoms with Crippen LogP contribution in [-0.2, 0) is 0 Å². The highest BCUT2D eigenvalue weighted by atomic mass is 14.7. The minimum absolute atomic E-state index is 0.0129. The number of benzene rings is 1. The molecule has 0 heterocycles. The highest BCUT2D eigenvalue weighted by Gasteiger charge is 2.66. The van der Waals surface area contributed by atoms with Crippen LogP contribution in [0.25, 0.3) is 5.57 Å². The van der Waals surface area contributed by atoms with E-state index in [0.717, 1.165) is 24.8 Å². The van der Waals surface area contributed by atoms with Crippen LogP contribution in [0.4, 0.5) is 0 Å². The summed E-state index contributed by atoms with van der Waals surface area (Å²) in [6.45, 7) is 40.3. The first-order valence-electron chi connectivity index (χ1n) is 14.9. The molecule has 0 radical (unpaired) electrons. The molecule has 0 saturated heterocycles. The van der Waals surface area contributed by atoms with Crippen LogP contribution in [0.5, 0.6) is 0 Å². The molecule has 3 aliphatic carbocycles. The van der Waals surface area contributed by atoms with Gasteiger partial charge in [0.1, 0.15) is 0 Å². The van der Waals surface area contributed by atoms with E-state index >= 15 is 0 Å². The lowest BCUT2D eigenvalue weighted by Crippen LogP contribution is -2.59. The Morgan fingerprint density at radius 3 is 2.29 bits per heavy atom. The van der Waals surface area contributed by atoms with Gasteiger partial charge in [-0.3, -0.25) is 0 Å². The first-order chi connectivity index (χ1) is 17.7. The predicted molar refractivity (Wildman–Crippen MR) is 168 cm³/mol. The van der Waals surface area contributed by atoms with E-state index in [1.165, 1.54) is 75.0 Å². The van der Waals surface area contributed by atoms with Crippen molar-refractivity contribution in [2.24, 2.45) is 22.2 Å². The van der Waals surface area contributed by atoms with Crippen molar-refractivity contribution in [3.05, 3.63) is 100 Å². The summed E-state index contributed by atoms with van der Waals surface area (Å²) in [5.41, 5.74) is 14.7. The van der Waals surface area contributed by atoms with Crippen molar-refractivity contribution in [2.75, 3.05) is 0 Å². The molecular weight excluding hydrogens is 456 g/mol. The molecule has 0 nitrogen and oxygen atoms in total. The number of fused-ring (bicyclic) bond motifs is 3. The van der Waals surface area contributed by atoms with Crippen LogP contribution in [0, 0.1) is 29.1 Å². The molecule has 5 atom stereocenters. The molecule has 1 aromatic rings. The smallest absolute Gasteiger partial charge is 0.0197 e. The van der Waals surface area contributed by atoms with Crippen molar-refractivity contribution in [3.8, 4) is 0 Å².